The molecule has 2 aromatic carbocycles. The molecule has 7 nitrogen and oxygen atoms in total. The molecule has 0 bridgehead atoms. The van der Waals surface area contributed by atoms with Gasteiger partial charge in [-0.25, -0.2) is 0 Å². The SMILES string of the molecule is NC(=O)C(Nc1c(Nc2ccncc2)c(=O)c1=O)c1ccc(Cl)c(Cl)c1. The normalized spacial score (nSPS) is 11.9. The van der Waals surface area contributed by atoms with E-state index < -0.39 is 22.8 Å². The van der Waals surface area contributed by atoms with Crippen LogP contribution in [-0.2, 0) is 4.79 Å². The fourth-order valence-electron chi connectivity index (χ4n) is 2.38. The van der Waals surface area contributed by atoms with Crippen molar-refractivity contribution in [1.82, 2.24) is 4.98 Å². The van der Waals surface area contributed by atoms with Crippen LogP contribution < -0.4 is 27.2 Å². The van der Waals surface area contributed by atoms with Crippen LogP contribution in [0.1, 0.15) is 11.6 Å². The summed E-state index contributed by atoms with van der Waals surface area (Å²) in [5, 5.41) is 6.10. The summed E-state index contributed by atoms with van der Waals surface area (Å²) in [6.07, 6.45) is 3.06. The largest absolute Gasteiger partial charge is 0.368 e. The van der Waals surface area contributed by atoms with E-state index in [2.05, 4.69) is 15.6 Å². The number of nitrogens with two attached hydrogens (primary N) is 1. The molecule has 132 valence electrons. The zero-order valence-corrected chi connectivity index (χ0v) is 14.6. The van der Waals surface area contributed by atoms with Gasteiger partial charge in [-0.05, 0) is 29.8 Å². The number of primary amides is 1. The number of amides is 1. The van der Waals surface area contributed by atoms with E-state index in [4.69, 9.17) is 28.9 Å². The molecule has 0 radical (unpaired) electrons. The lowest BCUT2D eigenvalue weighted by Crippen LogP contribution is -2.39. The monoisotopic (exact) mass is 390 g/mol. The van der Waals surface area contributed by atoms with Gasteiger partial charge in [-0.3, -0.25) is 19.4 Å². The first-order chi connectivity index (χ1) is 12.4. The highest BCUT2D eigenvalue weighted by atomic mass is 35.5. The highest BCUT2D eigenvalue weighted by Crippen LogP contribution is 2.29. The predicted octanol–water partition coefficient (Wildman–Crippen LogP) is 2.37. The standard InChI is InChI=1S/C17H12Cl2N4O3/c18-10-2-1-8(7-11(10)19)12(17(20)26)23-14-13(15(24)16(14)25)22-9-3-5-21-6-4-9/h1-7,12,23H,(H2,20,26)(H,21,22). The first-order valence-corrected chi connectivity index (χ1v) is 8.15. The van der Waals surface area contributed by atoms with Gasteiger partial charge in [-0.2, -0.15) is 0 Å². The average molecular weight is 391 g/mol. The number of nitrogens with zero attached hydrogens (tertiary/aromatic N) is 1. The van der Waals surface area contributed by atoms with Gasteiger partial charge in [0.2, 0.25) is 5.91 Å². The van der Waals surface area contributed by atoms with E-state index in [1.165, 1.54) is 24.5 Å². The molecule has 3 aromatic rings. The van der Waals surface area contributed by atoms with E-state index in [9.17, 15) is 14.4 Å². The van der Waals surface area contributed by atoms with Crippen LogP contribution in [0.5, 0.6) is 0 Å². The zero-order chi connectivity index (χ0) is 18.8. The lowest BCUT2D eigenvalue weighted by molar-refractivity contribution is -0.118. The lowest BCUT2D eigenvalue weighted by Gasteiger charge is -2.21. The second-order valence-corrected chi connectivity index (χ2v) is 6.24. The number of rotatable bonds is 6. The number of hydrogen-bond donors (Lipinski definition) is 3. The Morgan fingerprint density at radius 3 is 2.27 bits per heavy atom. The van der Waals surface area contributed by atoms with Gasteiger partial charge >= 0.3 is 0 Å². The molecule has 0 saturated carbocycles. The molecule has 0 aliphatic heterocycles. The number of anilines is 3. The summed E-state index contributed by atoms with van der Waals surface area (Å²) >= 11 is 11.8. The Hall–Kier alpha value is -2.90. The van der Waals surface area contributed by atoms with Crippen LogP contribution in [0.4, 0.5) is 17.1 Å². The van der Waals surface area contributed by atoms with Crippen molar-refractivity contribution in [2.75, 3.05) is 10.6 Å². The number of benzene rings is 1. The van der Waals surface area contributed by atoms with E-state index in [0.29, 0.717) is 16.3 Å². The number of halogens is 2. The fraction of sp³-hybridized carbons (Fsp3) is 0.0588. The minimum atomic E-state index is -1.06. The Balaban J connectivity index is 1.92. The van der Waals surface area contributed by atoms with Crippen molar-refractivity contribution in [1.29, 1.82) is 0 Å². The van der Waals surface area contributed by atoms with E-state index in [1.54, 1.807) is 18.2 Å². The molecule has 9 heteroatoms. The summed E-state index contributed by atoms with van der Waals surface area (Å²) < 4.78 is 0. The Kier molecular flexibility index (Phi) is 4.92. The maximum atomic E-state index is 12.0. The highest BCUT2D eigenvalue weighted by molar-refractivity contribution is 6.42. The van der Waals surface area contributed by atoms with Crippen molar-refractivity contribution in [2.24, 2.45) is 5.73 Å². The summed E-state index contributed by atoms with van der Waals surface area (Å²) in [6.45, 7) is 0. The third kappa shape index (κ3) is 3.40. The molecular formula is C17H12Cl2N4O3. The number of nitrogens with one attached hydrogen (secondary N) is 2. The topological polar surface area (TPSA) is 114 Å². The van der Waals surface area contributed by atoms with Crippen LogP contribution in [0.3, 0.4) is 0 Å². The average Bonchev–Trinajstić information content (AvgIpc) is 2.63. The molecule has 4 N–H and O–H groups in total. The van der Waals surface area contributed by atoms with Gasteiger partial charge in [0.15, 0.2) is 0 Å². The van der Waals surface area contributed by atoms with Gasteiger partial charge in [0, 0.05) is 18.1 Å². The first-order valence-electron chi connectivity index (χ1n) is 7.39. The molecular weight excluding hydrogens is 379 g/mol. The quantitative estimate of drug-likeness (QED) is 0.556. The maximum Gasteiger partial charge on any atom is 0.253 e. The minimum Gasteiger partial charge on any atom is -0.368 e. The third-order valence-electron chi connectivity index (χ3n) is 3.71. The summed E-state index contributed by atoms with van der Waals surface area (Å²) in [5.41, 5.74) is 5.01. The highest BCUT2D eigenvalue weighted by Gasteiger charge is 2.27. The van der Waals surface area contributed by atoms with Gasteiger partial charge in [0.05, 0.1) is 10.0 Å². The second-order valence-electron chi connectivity index (χ2n) is 5.42. The van der Waals surface area contributed by atoms with Gasteiger partial charge in [0.25, 0.3) is 10.9 Å². The molecule has 1 atom stereocenters. The smallest absolute Gasteiger partial charge is 0.253 e. The predicted molar refractivity (Wildman–Crippen MR) is 101 cm³/mol. The molecule has 1 aromatic heterocycles. The maximum absolute atomic E-state index is 12.0. The fourth-order valence-corrected chi connectivity index (χ4v) is 2.69. The molecule has 0 aliphatic carbocycles. The van der Waals surface area contributed by atoms with E-state index in [-0.39, 0.29) is 16.4 Å². The molecule has 1 unspecified atom stereocenters. The van der Waals surface area contributed by atoms with Crippen molar-refractivity contribution in [3.05, 3.63) is 78.8 Å². The molecule has 3 rings (SSSR count). The van der Waals surface area contributed by atoms with E-state index in [1.807, 2.05) is 0 Å². The zero-order valence-electron chi connectivity index (χ0n) is 13.1. The Morgan fingerprint density at radius 1 is 1.00 bits per heavy atom. The van der Waals surface area contributed by atoms with E-state index in [0.717, 1.165) is 0 Å². The number of carbonyl (C=O) groups is 1. The van der Waals surface area contributed by atoms with Crippen molar-refractivity contribution >= 4 is 46.2 Å². The van der Waals surface area contributed by atoms with Gasteiger partial charge in [0.1, 0.15) is 17.4 Å². The van der Waals surface area contributed by atoms with Crippen molar-refractivity contribution in [2.45, 2.75) is 6.04 Å². The number of hydrogen-bond acceptors (Lipinski definition) is 6. The lowest BCUT2D eigenvalue weighted by atomic mass is 10.0. The second kappa shape index (κ2) is 7.15. The number of pyridine rings is 1. The Morgan fingerprint density at radius 2 is 1.65 bits per heavy atom. The van der Waals surface area contributed by atoms with Crippen LogP contribution in [0.25, 0.3) is 0 Å². The summed E-state index contributed by atoms with van der Waals surface area (Å²) in [6, 6.07) is 6.73. The molecule has 0 aliphatic rings. The molecule has 26 heavy (non-hydrogen) atoms. The van der Waals surface area contributed by atoms with Crippen LogP contribution in [0.2, 0.25) is 10.0 Å². The first kappa shape index (κ1) is 17.9. The molecule has 1 amide bonds. The van der Waals surface area contributed by atoms with Gasteiger partial charge in [-0.1, -0.05) is 29.3 Å². The molecule has 0 saturated heterocycles. The van der Waals surface area contributed by atoms with Crippen LogP contribution in [0, 0.1) is 0 Å². The summed E-state index contributed by atoms with van der Waals surface area (Å²) in [7, 11) is 0. The van der Waals surface area contributed by atoms with Gasteiger partial charge < -0.3 is 16.4 Å². The van der Waals surface area contributed by atoms with Crippen LogP contribution in [-0.4, -0.2) is 10.9 Å². The molecule has 0 spiro atoms. The van der Waals surface area contributed by atoms with Crippen LogP contribution >= 0.6 is 23.2 Å². The molecule has 0 fully saturated rings. The van der Waals surface area contributed by atoms with Crippen molar-refractivity contribution in [3.63, 3.8) is 0 Å². The Bertz CT molecular complexity index is 1050. The summed E-state index contributed by atoms with van der Waals surface area (Å²) in [4.78, 5) is 39.6. The number of carbonyl (C=O) groups excluding carboxylic acids is 1. The van der Waals surface area contributed by atoms with Crippen molar-refractivity contribution in [3.8, 4) is 0 Å². The van der Waals surface area contributed by atoms with Gasteiger partial charge in [-0.15, -0.1) is 0 Å². The number of aromatic nitrogens is 1. The van der Waals surface area contributed by atoms with Crippen LogP contribution in [0.15, 0.2) is 52.3 Å². The van der Waals surface area contributed by atoms with Crippen molar-refractivity contribution < 1.29 is 4.79 Å². The minimum absolute atomic E-state index is 0.0262. The molecule has 1 heterocycles. The summed E-state index contributed by atoms with van der Waals surface area (Å²) in [5.74, 6) is -0.744. The third-order valence-corrected chi connectivity index (χ3v) is 4.45. The Labute approximate surface area is 157 Å². The van der Waals surface area contributed by atoms with E-state index >= 15 is 0 Å².